The van der Waals surface area contributed by atoms with E-state index in [0.29, 0.717) is 25.7 Å². The molecule has 0 radical (unpaired) electrons. The summed E-state index contributed by atoms with van der Waals surface area (Å²) in [6, 6.07) is 0. The van der Waals surface area contributed by atoms with Crippen molar-refractivity contribution >= 4 is 39.5 Å². The van der Waals surface area contributed by atoms with Gasteiger partial charge in [0.1, 0.15) is 19.3 Å². The fourth-order valence-corrected chi connectivity index (χ4v) is 15.2. The van der Waals surface area contributed by atoms with E-state index in [-0.39, 0.29) is 25.7 Å². The van der Waals surface area contributed by atoms with Crippen LogP contribution in [-0.4, -0.2) is 96.7 Å². The molecule has 0 aliphatic carbocycles. The SMILES string of the molecule is CCC(C)CCCCCCCCCCCCCCCCCCCCC(=O)O[C@H](COC(=O)CCCCCCCCCCCCCCCCCCC(C)C)COP(=O)(O)OC[C@@H](O)COP(=O)(O)OC[C@@H](COC(=O)CCCCCCCCCCC(C)CC)OC(=O)CCCCCCCCCCCCCC(C)C. The second-order valence-electron chi connectivity index (χ2n) is 33.1. The van der Waals surface area contributed by atoms with Crippen molar-refractivity contribution in [1.29, 1.82) is 0 Å². The molecule has 19 heteroatoms. The summed E-state index contributed by atoms with van der Waals surface area (Å²) in [4.78, 5) is 73.3. The molecule has 0 aliphatic rings. The summed E-state index contributed by atoms with van der Waals surface area (Å²) in [5.74, 6) is 1.12. The monoisotopic (exact) mass is 1560 g/mol. The van der Waals surface area contributed by atoms with Crippen LogP contribution >= 0.6 is 15.6 Å². The van der Waals surface area contributed by atoms with Gasteiger partial charge in [-0.25, -0.2) is 9.13 Å². The molecule has 0 fully saturated rings. The molecule has 0 saturated heterocycles. The molecule has 0 aromatic heterocycles. The van der Waals surface area contributed by atoms with Crippen molar-refractivity contribution in [2.45, 2.75) is 478 Å². The number of esters is 4. The van der Waals surface area contributed by atoms with E-state index in [1.807, 2.05) is 0 Å². The van der Waals surface area contributed by atoms with E-state index in [9.17, 15) is 43.2 Å². The van der Waals surface area contributed by atoms with Crippen LogP contribution in [0.15, 0.2) is 0 Å². The van der Waals surface area contributed by atoms with Crippen LogP contribution in [0.2, 0.25) is 0 Å². The molecule has 0 heterocycles. The molecule has 0 rings (SSSR count). The lowest BCUT2D eigenvalue weighted by atomic mass is 9.99. The number of carbonyl (C=O) groups is 4. The highest BCUT2D eigenvalue weighted by molar-refractivity contribution is 7.47. The Hall–Kier alpha value is -1.94. The number of phosphoric acid groups is 2. The average Bonchev–Trinajstić information content (AvgIpc) is 0.900. The van der Waals surface area contributed by atoms with Crippen LogP contribution < -0.4 is 0 Å². The van der Waals surface area contributed by atoms with Gasteiger partial charge in [-0.15, -0.1) is 0 Å². The second kappa shape index (κ2) is 76.7. The number of rotatable bonds is 85. The molecule has 17 nitrogen and oxygen atoms in total. The van der Waals surface area contributed by atoms with Crippen LogP contribution in [0.4, 0.5) is 0 Å². The second-order valence-corrected chi connectivity index (χ2v) is 36.0. The fourth-order valence-electron chi connectivity index (χ4n) is 13.6. The van der Waals surface area contributed by atoms with E-state index in [2.05, 4.69) is 55.4 Å². The van der Waals surface area contributed by atoms with E-state index in [1.165, 1.54) is 263 Å². The maximum atomic E-state index is 13.2. The van der Waals surface area contributed by atoms with Gasteiger partial charge in [0.05, 0.1) is 26.4 Å². The molecular formula is C88H172O17P2. The molecule has 107 heavy (non-hydrogen) atoms. The number of hydrogen-bond donors (Lipinski definition) is 3. The van der Waals surface area contributed by atoms with Crippen molar-refractivity contribution in [3.63, 3.8) is 0 Å². The van der Waals surface area contributed by atoms with Gasteiger partial charge in [0.15, 0.2) is 12.2 Å². The Labute approximate surface area is 658 Å². The first-order valence-electron chi connectivity index (χ1n) is 45.3. The van der Waals surface area contributed by atoms with Crippen LogP contribution in [0, 0.1) is 23.7 Å². The van der Waals surface area contributed by atoms with Crippen LogP contribution in [0.1, 0.15) is 460 Å². The van der Waals surface area contributed by atoms with Gasteiger partial charge in [-0.3, -0.25) is 37.3 Å². The molecule has 0 amide bonds. The molecule has 0 aliphatic heterocycles. The van der Waals surface area contributed by atoms with Crippen molar-refractivity contribution in [2.24, 2.45) is 23.7 Å². The number of ether oxygens (including phenoxy) is 4. The highest BCUT2D eigenvalue weighted by Gasteiger charge is 2.31. The summed E-state index contributed by atoms with van der Waals surface area (Å²) in [5.41, 5.74) is 0. The van der Waals surface area contributed by atoms with Gasteiger partial charge in [-0.2, -0.15) is 0 Å². The lowest BCUT2D eigenvalue weighted by Gasteiger charge is -2.21. The Bertz CT molecular complexity index is 2080. The molecule has 3 N–H and O–H groups in total. The van der Waals surface area contributed by atoms with E-state index in [4.69, 9.17) is 37.0 Å². The maximum Gasteiger partial charge on any atom is 0.472 e. The van der Waals surface area contributed by atoms with Gasteiger partial charge in [0, 0.05) is 25.7 Å². The first-order chi connectivity index (χ1) is 51.7. The van der Waals surface area contributed by atoms with E-state index >= 15 is 0 Å². The Morgan fingerprint density at radius 3 is 0.664 bits per heavy atom. The zero-order valence-electron chi connectivity index (χ0n) is 70.8. The third-order valence-corrected chi connectivity index (χ3v) is 23.2. The topological polar surface area (TPSA) is 237 Å². The van der Waals surface area contributed by atoms with Gasteiger partial charge in [0.25, 0.3) is 0 Å². The van der Waals surface area contributed by atoms with Crippen molar-refractivity contribution in [3.8, 4) is 0 Å². The molecule has 0 aromatic rings. The normalized spacial score (nSPS) is 14.4. The number of carbonyl (C=O) groups excluding carboxylic acids is 4. The van der Waals surface area contributed by atoms with Crippen LogP contribution in [0.3, 0.4) is 0 Å². The summed E-state index contributed by atoms with van der Waals surface area (Å²) in [6.45, 7) is 14.4. The molecule has 0 saturated carbocycles. The van der Waals surface area contributed by atoms with Gasteiger partial charge in [-0.05, 0) is 49.4 Å². The van der Waals surface area contributed by atoms with Gasteiger partial charge >= 0.3 is 39.5 Å². The molecular weight excluding hydrogens is 1390 g/mol. The Kier molecular flexibility index (Phi) is 75.3. The van der Waals surface area contributed by atoms with Gasteiger partial charge in [-0.1, -0.05) is 409 Å². The van der Waals surface area contributed by atoms with E-state index in [0.717, 1.165) is 114 Å². The fraction of sp³-hybridized carbons (Fsp3) is 0.955. The third kappa shape index (κ3) is 79.1. The summed E-state index contributed by atoms with van der Waals surface area (Å²) < 4.78 is 69.0. The minimum absolute atomic E-state index is 0.106. The number of phosphoric ester groups is 2. The lowest BCUT2D eigenvalue weighted by Crippen LogP contribution is -2.30. The maximum absolute atomic E-state index is 13.2. The predicted octanol–water partition coefficient (Wildman–Crippen LogP) is 26.7. The van der Waals surface area contributed by atoms with Crippen molar-refractivity contribution in [1.82, 2.24) is 0 Å². The zero-order valence-corrected chi connectivity index (χ0v) is 72.6. The molecule has 0 aromatic carbocycles. The molecule has 0 bridgehead atoms. The standard InChI is InChI=1S/C88H172O17P2/c1-9-80(7)66-58-50-42-34-28-22-18-13-11-12-14-20-24-30-36-46-54-62-70-87(92)104-83(74-98-85(90)68-60-52-44-35-29-23-19-16-15-17-21-26-32-40-48-56-64-78(3)4)76-102-106(94,95)100-72-82(89)73-101-107(96,97)103-77-84(75-99-86(91)69-61-53-45-39-38-43-51-59-67-81(8)10-2)105-88(93)71-63-55-47-37-31-25-27-33-41-49-57-65-79(5)6/h78-84,89H,9-77H2,1-8H3,(H,94,95)(H,96,97)/t80?,81?,82-,83-,84-/m1/s1. The number of unbranched alkanes of at least 4 members (excludes halogenated alkanes) is 49. The highest BCUT2D eigenvalue weighted by Crippen LogP contribution is 2.45. The largest absolute Gasteiger partial charge is 0.472 e. The quantitative estimate of drug-likeness (QED) is 0.0222. The first kappa shape index (κ1) is 105. The van der Waals surface area contributed by atoms with E-state index in [1.54, 1.807) is 0 Å². The van der Waals surface area contributed by atoms with Crippen LogP contribution in [0.5, 0.6) is 0 Å². The van der Waals surface area contributed by atoms with Crippen LogP contribution in [-0.2, 0) is 65.4 Å². The molecule has 7 atom stereocenters. The Morgan fingerprint density at radius 2 is 0.449 bits per heavy atom. The molecule has 636 valence electrons. The number of hydrogen-bond acceptors (Lipinski definition) is 15. The summed E-state index contributed by atoms with van der Waals surface area (Å²) >= 11 is 0. The number of aliphatic hydroxyl groups is 1. The molecule has 4 unspecified atom stereocenters. The third-order valence-electron chi connectivity index (χ3n) is 21.3. The first-order valence-corrected chi connectivity index (χ1v) is 48.3. The lowest BCUT2D eigenvalue weighted by molar-refractivity contribution is -0.161. The Morgan fingerprint density at radius 1 is 0.262 bits per heavy atom. The minimum Gasteiger partial charge on any atom is -0.462 e. The van der Waals surface area contributed by atoms with Crippen molar-refractivity contribution < 1.29 is 80.2 Å². The summed E-state index contributed by atoms with van der Waals surface area (Å²) in [5, 5.41) is 10.7. The number of aliphatic hydroxyl groups excluding tert-OH is 1. The zero-order chi connectivity index (χ0) is 78.8. The highest BCUT2D eigenvalue weighted by atomic mass is 31.2. The smallest absolute Gasteiger partial charge is 0.462 e. The van der Waals surface area contributed by atoms with Crippen molar-refractivity contribution in [3.05, 3.63) is 0 Å². The predicted molar refractivity (Wildman–Crippen MR) is 441 cm³/mol. The summed E-state index contributed by atoms with van der Waals surface area (Å²) in [7, 11) is -9.93. The molecule has 0 spiro atoms. The van der Waals surface area contributed by atoms with Gasteiger partial charge in [0.2, 0.25) is 0 Å². The van der Waals surface area contributed by atoms with Crippen molar-refractivity contribution in [2.75, 3.05) is 39.6 Å². The minimum atomic E-state index is -4.97. The Balaban J connectivity index is 5.25. The van der Waals surface area contributed by atoms with E-state index < -0.39 is 97.5 Å². The van der Waals surface area contributed by atoms with Crippen LogP contribution in [0.25, 0.3) is 0 Å². The van der Waals surface area contributed by atoms with Gasteiger partial charge < -0.3 is 33.8 Å². The summed E-state index contributed by atoms with van der Waals surface area (Å²) in [6.07, 6.45) is 66.6. The average molecular weight is 1560 g/mol.